The first-order chi connectivity index (χ1) is 12.0. The molecule has 0 radical (unpaired) electrons. The molecule has 25 heavy (non-hydrogen) atoms. The summed E-state index contributed by atoms with van der Waals surface area (Å²) in [6.45, 7) is 4.20. The molecule has 3 rings (SSSR count). The second-order valence-electron chi connectivity index (χ2n) is 5.67. The third-order valence-corrected chi connectivity index (χ3v) is 5.25. The summed E-state index contributed by atoms with van der Waals surface area (Å²) in [4.78, 5) is 0.118. The highest BCUT2D eigenvalue weighted by atomic mass is 32.2. The maximum Gasteiger partial charge on any atom is 0.339 e. The lowest BCUT2D eigenvalue weighted by Gasteiger charge is -2.11. The van der Waals surface area contributed by atoms with Gasteiger partial charge in [0, 0.05) is 6.07 Å². The summed E-state index contributed by atoms with van der Waals surface area (Å²) in [5.41, 5.74) is 1.70. The summed E-state index contributed by atoms with van der Waals surface area (Å²) in [6.07, 6.45) is 2.41. The first-order valence-electron chi connectivity index (χ1n) is 7.87. The minimum atomic E-state index is -3.91. The smallest absolute Gasteiger partial charge is 0.339 e. The maximum absolute atomic E-state index is 12.5. The summed E-state index contributed by atoms with van der Waals surface area (Å²) < 4.78 is 31.6. The third-order valence-electron chi connectivity index (χ3n) is 3.99. The van der Waals surface area contributed by atoms with Crippen molar-refractivity contribution in [3.8, 4) is 11.4 Å². The molecule has 8 heteroatoms. The zero-order valence-corrected chi connectivity index (χ0v) is 14.7. The maximum atomic E-state index is 12.5. The fourth-order valence-corrected chi connectivity index (χ4v) is 3.25. The molecule has 3 aromatic rings. The molecule has 130 valence electrons. The average Bonchev–Trinajstić information content (AvgIpc) is 3.16. The van der Waals surface area contributed by atoms with E-state index in [1.165, 1.54) is 11.0 Å². The Balaban J connectivity index is 1.83. The van der Waals surface area contributed by atoms with Crippen LogP contribution < -0.4 is 4.18 Å². The van der Waals surface area contributed by atoms with Crippen molar-refractivity contribution in [3.05, 3.63) is 60.4 Å². The Morgan fingerprint density at radius 2 is 1.92 bits per heavy atom. The standard InChI is InChI=1S/C17H18N4O3S/c1-3-13(2)14-7-9-17(10-8-14)25(22,23)24-16-6-4-5-15(11-16)21-12-18-19-20-21/h4-13H,3H2,1-2H3. The molecule has 0 bridgehead atoms. The summed E-state index contributed by atoms with van der Waals surface area (Å²) >= 11 is 0. The Morgan fingerprint density at radius 1 is 1.16 bits per heavy atom. The first kappa shape index (κ1) is 17.1. The van der Waals surface area contributed by atoms with Crippen LogP contribution in [0.5, 0.6) is 5.75 Å². The molecule has 7 nitrogen and oxygen atoms in total. The van der Waals surface area contributed by atoms with Crippen molar-refractivity contribution in [2.45, 2.75) is 31.1 Å². The van der Waals surface area contributed by atoms with Gasteiger partial charge < -0.3 is 4.18 Å². The fourth-order valence-electron chi connectivity index (χ4n) is 2.33. The topological polar surface area (TPSA) is 87.0 Å². The quantitative estimate of drug-likeness (QED) is 0.630. The van der Waals surface area contributed by atoms with Gasteiger partial charge in [-0.2, -0.15) is 8.42 Å². The highest BCUT2D eigenvalue weighted by Gasteiger charge is 2.17. The monoisotopic (exact) mass is 358 g/mol. The zero-order valence-electron chi connectivity index (χ0n) is 13.9. The van der Waals surface area contributed by atoms with Crippen LogP contribution in [0.15, 0.2) is 59.8 Å². The number of hydrogen-bond donors (Lipinski definition) is 0. The Morgan fingerprint density at radius 3 is 2.56 bits per heavy atom. The molecular formula is C17H18N4O3S. The molecule has 0 saturated carbocycles. The van der Waals surface area contributed by atoms with E-state index >= 15 is 0 Å². The molecule has 0 saturated heterocycles. The molecule has 2 aromatic carbocycles. The van der Waals surface area contributed by atoms with Crippen molar-refractivity contribution < 1.29 is 12.6 Å². The van der Waals surface area contributed by atoms with Gasteiger partial charge in [0.1, 0.15) is 17.0 Å². The highest BCUT2D eigenvalue weighted by Crippen LogP contribution is 2.24. The van der Waals surface area contributed by atoms with E-state index in [2.05, 4.69) is 29.4 Å². The van der Waals surface area contributed by atoms with E-state index in [1.807, 2.05) is 12.1 Å². The van der Waals surface area contributed by atoms with Crippen LogP contribution in [0.1, 0.15) is 31.7 Å². The van der Waals surface area contributed by atoms with E-state index in [-0.39, 0.29) is 10.6 Å². The van der Waals surface area contributed by atoms with Crippen molar-refractivity contribution in [1.82, 2.24) is 20.2 Å². The molecule has 0 aliphatic rings. The van der Waals surface area contributed by atoms with Crippen molar-refractivity contribution in [2.75, 3.05) is 0 Å². The van der Waals surface area contributed by atoms with Crippen LogP contribution >= 0.6 is 0 Å². The van der Waals surface area contributed by atoms with Gasteiger partial charge in [0.05, 0.1) is 5.69 Å². The van der Waals surface area contributed by atoms with Gasteiger partial charge in [0.25, 0.3) is 0 Å². The molecular weight excluding hydrogens is 340 g/mol. The molecule has 1 heterocycles. The predicted molar refractivity (Wildman–Crippen MR) is 92.1 cm³/mol. The minimum absolute atomic E-state index is 0.118. The van der Waals surface area contributed by atoms with Crippen LogP contribution in [0, 0.1) is 0 Å². The van der Waals surface area contributed by atoms with Gasteiger partial charge in [-0.1, -0.05) is 32.0 Å². The van der Waals surface area contributed by atoms with E-state index in [0.717, 1.165) is 12.0 Å². The van der Waals surface area contributed by atoms with E-state index in [1.54, 1.807) is 36.4 Å². The Labute approximate surface area is 146 Å². The summed E-state index contributed by atoms with van der Waals surface area (Å²) in [7, 11) is -3.91. The molecule has 0 N–H and O–H groups in total. The Bertz CT molecular complexity index is 938. The normalized spacial score (nSPS) is 12.7. The van der Waals surface area contributed by atoms with Crippen LogP contribution in [-0.4, -0.2) is 28.6 Å². The van der Waals surface area contributed by atoms with E-state index in [0.29, 0.717) is 11.6 Å². The SMILES string of the molecule is CCC(C)c1ccc(S(=O)(=O)Oc2cccc(-n3cnnn3)c2)cc1. The van der Waals surface area contributed by atoms with Gasteiger partial charge in [-0.05, 0) is 52.6 Å². The number of nitrogens with zero attached hydrogens (tertiary/aromatic N) is 4. The van der Waals surface area contributed by atoms with Gasteiger partial charge in [0.15, 0.2) is 0 Å². The van der Waals surface area contributed by atoms with Crippen LogP contribution in [0.2, 0.25) is 0 Å². The predicted octanol–water partition coefficient (Wildman–Crippen LogP) is 2.94. The van der Waals surface area contributed by atoms with E-state index < -0.39 is 10.1 Å². The Hall–Kier alpha value is -2.74. The Kier molecular flexibility index (Phi) is 4.80. The van der Waals surface area contributed by atoms with E-state index in [4.69, 9.17) is 4.18 Å². The molecule has 1 atom stereocenters. The fraction of sp³-hybridized carbons (Fsp3) is 0.235. The lowest BCUT2D eigenvalue weighted by Crippen LogP contribution is -2.10. The molecule has 1 unspecified atom stereocenters. The molecule has 0 aliphatic carbocycles. The third kappa shape index (κ3) is 3.85. The number of tetrazole rings is 1. The zero-order chi connectivity index (χ0) is 17.9. The van der Waals surface area contributed by atoms with Crippen LogP contribution in [0.4, 0.5) is 0 Å². The number of benzene rings is 2. The highest BCUT2D eigenvalue weighted by molar-refractivity contribution is 7.87. The van der Waals surface area contributed by atoms with Gasteiger partial charge in [-0.25, -0.2) is 4.68 Å². The lowest BCUT2D eigenvalue weighted by atomic mass is 9.99. The molecule has 0 fully saturated rings. The van der Waals surface area contributed by atoms with Gasteiger partial charge in [0.2, 0.25) is 0 Å². The molecule has 1 aromatic heterocycles. The van der Waals surface area contributed by atoms with Gasteiger partial charge in [-0.3, -0.25) is 0 Å². The summed E-state index contributed by atoms with van der Waals surface area (Å²) in [6, 6.07) is 13.3. The first-order valence-corrected chi connectivity index (χ1v) is 9.28. The second-order valence-corrected chi connectivity index (χ2v) is 7.21. The second kappa shape index (κ2) is 7.02. The number of rotatable bonds is 6. The van der Waals surface area contributed by atoms with Crippen molar-refractivity contribution in [1.29, 1.82) is 0 Å². The summed E-state index contributed by atoms with van der Waals surface area (Å²) in [5, 5.41) is 10.9. The van der Waals surface area contributed by atoms with Crippen LogP contribution in [0.25, 0.3) is 5.69 Å². The average molecular weight is 358 g/mol. The number of hydrogen-bond acceptors (Lipinski definition) is 6. The van der Waals surface area contributed by atoms with Crippen molar-refractivity contribution in [3.63, 3.8) is 0 Å². The van der Waals surface area contributed by atoms with E-state index in [9.17, 15) is 8.42 Å². The minimum Gasteiger partial charge on any atom is -0.379 e. The van der Waals surface area contributed by atoms with Crippen LogP contribution in [-0.2, 0) is 10.1 Å². The van der Waals surface area contributed by atoms with Gasteiger partial charge in [-0.15, -0.1) is 5.10 Å². The largest absolute Gasteiger partial charge is 0.379 e. The molecule has 0 spiro atoms. The van der Waals surface area contributed by atoms with Gasteiger partial charge >= 0.3 is 10.1 Å². The number of aromatic nitrogens is 4. The molecule has 0 amide bonds. The summed E-state index contributed by atoms with van der Waals surface area (Å²) in [5.74, 6) is 0.574. The van der Waals surface area contributed by atoms with Crippen molar-refractivity contribution >= 4 is 10.1 Å². The van der Waals surface area contributed by atoms with Crippen LogP contribution in [0.3, 0.4) is 0 Å². The molecule has 0 aliphatic heterocycles. The van der Waals surface area contributed by atoms with Crippen molar-refractivity contribution in [2.24, 2.45) is 0 Å². The lowest BCUT2D eigenvalue weighted by molar-refractivity contribution is 0.485.